The second-order valence-electron chi connectivity index (χ2n) is 12.2. The number of nitrogens with one attached hydrogen (secondary N) is 2. The van der Waals surface area contributed by atoms with Crippen LogP contribution in [-0.4, -0.2) is 41.3 Å². The Morgan fingerprint density at radius 3 is 2.44 bits per heavy atom. The topological polar surface area (TPSA) is 56.3 Å². The molecule has 1 unspecified atom stereocenters. The maximum absolute atomic E-state index is 6.22. The maximum Gasteiger partial charge on any atom is 0.232 e. The molecule has 3 aromatic rings. The van der Waals surface area contributed by atoms with Gasteiger partial charge in [0.25, 0.3) is 0 Å². The van der Waals surface area contributed by atoms with Crippen LogP contribution in [0.1, 0.15) is 68.6 Å². The van der Waals surface area contributed by atoms with E-state index in [9.17, 15) is 0 Å². The predicted octanol–water partition coefficient (Wildman–Crippen LogP) is 7.12. The standard InChI is InChI=1S/C33H41ClN6S/c1-24-8-7-18-39(21-24)29-20-30(40-19-15-25-9-3-4-10-26(25)22-40)37-31(36-29)38-32(41)35-23-33(16-5-2-6-17-33)27-11-13-28(34)14-12-27/h3-4,9-14,20,24H,2,5-8,15-19,21-23H2,1H3,(H2,35,36,37,38,41). The van der Waals surface area contributed by atoms with Crippen LogP contribution in [0.15, 0.2) is 54.6 Å². The largest absolute Gasteiger partial charge is 0.361 e. The molecule has 6 nitrogen and oxygen atoms in total. The molecule has 1 aliphatic carbocycles. The van der Waals surface area contributed by atoms with E-state index in [4.69, 9.17) is 33.8 Å². The monoisotopic (exact) mass is 588 g/mol. The van der Waals surface area contributed by atoms with Crippen molar-refractivity contribution in [3.8, 4) is 0 Å². The average molecular weight is 589 g/mol. The van der Waals surface area contributed by atoms with Crippen LogP contribution in [0, 0.1) is 5.92 Å². The molecule has 1 saturated carbocycles. The Labute approximate surface area is 254 Å². The van der Waals surface area contributed by atoms with Crippen LogP contribution in [-0.2, 0) is 18.4 Å². The zero-order valence-corrected chi connectivity index (χ0v) is 25.6. The van der Waals surface area contributed by atoms with E-state index in [-0.39, 0.29) is 5.41 Å². The summed E-state index contributed by atoms with van der Waals surface area (Å²) in [6.45, 7) is 6.94. The Morgan fingerprint density at radius 1 is 0.951 bits per heavy atom. The number of benzene rings is 2. The number of thiocarbonyl (C=S) groups is 1. The van der Waals surface area contributed by atoms with Crippen LogP contribution >= 0.6 is 23.8 Å². The van der Waals surface area contributed by atoms with Gasteiger partial charge < -0.3 is 20.4 Å². The number of anilines is 3. The van der Waals surface area contributed by atoms with Gasteiger partial charge in [0.2, 0.25) is 5.95 Å². The molecule has 1 atom stereocenters. The van der Waals surface area contributed by atoms with Crippen molar-refractivity contribution in [3.63, 3.8) is 0 Å². The number of rotatable bonds is 6. The molecule has 3 aliphatic rings. The van der Waals surface area contributed by atoms with Crippen molar-refractivity contribution in [2.24, 2.45) is 5.92 Å². The van der Waals surface area contributed by atoms with E-state index in [2.05, 4.69) is 69.8 Å². The number of halogens is 1. The van der Waals surface area contributed by atoms with Gasteiger partial charge in [-0.2, -0.15) is 9.97 Å². The fourth-order valence-corrected chi connectivity index (χ4v) is 7.17. The summed E-state index contributed by atoms with van der Waals surface area (Å²) < 4.78 is 0. The van der Waals surface area contributed by atoms with E-state index in [0.717, 1.165) is 68.6 Å². The van der Waals surface area contributed by atoms with E-state index in [0.29, 0.717) is 17.0 Å². The van der Waals surface area contributed by atoms with E-state index in [1.165, 1.54) is 48.8 Å². The lowest BCUT2D eigenvalue weighted by Gasteiger charge is -2.38. The molecule has 216 valence electrons. The molecule has 1 saturated heterocycles. The molecule has 0 spiro atoms. The van der Waals surface area contributed by atoms with Gasteiger partial charge in [-0.1, -0.05) is 74.2 Å². The Morgan fingerprint density at radius 2 is 1.68 bits per heavy atom. The van der Waals surface area contributed by atoms with Gasteiger partial charge in [-0.3, -0.25) is 0 Å². The second-order valence-corrected chi connectivity index (χ2v) is 13.0. The van der Waals surface area contributed by atoms with Crippen molar-refractivity contribution in [1.82, 2.24) is 15.3 Å². The highest BCUT2D eigenvalue weighted by Crippen LogP contribution is 2.39. The number of aromatic nitrogens is 2. The molecule has 0 amide bonds. The van der Waals surface area contributed by atoms with Crippen molar-refractivity contribution in [2.45, 2.75) is 70.3 Å². The first-order chi connectivity index (χ1) is 20.0. The summed E-state index contributed by atoms with van der Waals surface area (Å²) in [5.74, 6) is 3.16. The van der Waals surface area contributed by atoms with Crippen LogP contribution in [0.2, 0.25) is 5.02 Å². The first kappa shape index (κ1) is 28.2. The molecule has 1 aromatic heterocycles. The lowest BCUT2D eigenvalue weighted by Crippen LogP contribution is -2.43. The first-order valence-electron chi connectivity index (χ1n) is 15.2. The molecule has 3 heterocycles. The van der Waals surface area contributed by atoms with E-state index >= 15 is 0 Å². The summed E-state index contributed by atoms with van der Waals surface area (Å²) in [7, 11) is 0. The maximum atomic E-state index is 6.22. The highest BCUT2D eigenvalue weighted by atomic mass is 35.5. The first-order valence-corrected chi connectivity index (χ1v) is 16.0. The van der Waals surface area contributed by atoms with Crippen molar-refractivity contribution in [3.05, 3.63) is 76.3 Å². The SMILES string of the molecule is CC1CCCN(c2cc(N3CCc4ccccc4C3)nc(NC(=S)NCC3(c4ccc(Cl)cc4)CCCCC3)n2)C1. The molecule has 2 fully saturated rings. The summed E-state index contributed by atoms with van der Waals surface area (Å²) in [5.41, 5.74) is 4.19. The normalized spacial score (nSPS) is 20.3. The second kappa shape index (κ2) is 12.5. The molecule has 41 heavy (non-hydrogen) atoms. The molecule has 0 radical (unpaired) electrons. The molecular weight excluding hydrogens is 548 g/mol. The number of nitrogens with zero attached hydrogens (tertiary/aromatic N) is 4. The summed E-state index contributed by atoms with van der Waals surface area (Å²) in [5, 5.41) is 8.27. The highest BCUT2D eigenvalue weighted by molar-refractivity contribution is 7.80. The zero-order chi connectivity index (χ0) is 28.2. The van der Waals surface area contributed by atoms with Crippen LogP contribution in [0.25, 0.3) is 0 Å². The van der Waals surface area contributed by atoms with Crippen molar-refractivity contribution in [2.75, 3.05) is 41.3 Å². The minimum absolute atomic E-state index is 0.0492. The summed E-state index contributed by atoms with van der Waals surface area (Å²) in [4.78, 5) is 14.8. The summed E-state index contributed by atoms with van der Waals surface area (Å²) >= 11 is 12.1. The van der Waals surface area contributed by atoms with E-state index in [1.807, 2.05) is 12.1 Å². The van der Waals surface area contributed by atoms with E-state index < -0.39 is 0 Å². The predicted molar refractivity (Wildman–Crippen MR) is 174 cm³/mol. The van der Waals surface area contributed by atoms with E-state index in [1.54, 1.807) is 0 Å². The molecule has 2 N–H and O–H groups in total. The van der Waals surface area contributed by atoms with Gasteiger partial charge in [-0.15, -0.1) is 0 Å². The number of piperidine rings is 1. The smallest absolute Gasteiger partial charge is 0.232 e. The Kier molecular flexibility index (Phi) is 8.63. The average Bonchev–Trinajstić information content (AvgIpc) is 3.00. The number of hydrogen-bond acceptors (Lipinski definition) is 5. The Hall–Kier alpha value is -2.90. The van der Waals surface area contributed by atoms with Gasteiger partial charge in [0, 0.05) is 49.2 Å². The quantitative estimate of drug-likeness (QED) is 0.297. The van der Waals surface area contributed by atoms with Crippen molar-refractivity contribution in [1.29, 1.82) is 0 Å². The van der Waals surface area contributed by atoms with Gasteiger partial charge in [0.1, 0.15) is 11.6 Å². The Balaban J connectivity index is 1.21. The molecule has 8 heteroatoms. The highest BCUT2D eigenvalue weighted by Gasteiger charge is 2.34. The molecule has 0 bridgehead atoms. The molecule has 6 rings (SSSR count). The van der Waals surface area contributed by atoms with Gasteiger partial charge in [-0.25, -0.2) is 0 Å². The van der Waals surface area contributed by atoms with Gasteiger partial charge in [0.15, 0.2) is 5.11 Å². The third-order valence-corrected chi connectivity index (χ3v) is 9.71. The van der Waals surface area contributed by atoms with Crippen molar-refractivity contribution < 1.29 is 0 Å². The number of hydrogen-bond donors (Lipinski definition) is 2. The minimum atomic E-state index is 0.0492. The van der Waals surface area contributed by atoms with Crippen LogP contribution in [0.5, 0.6) is 0 Å². The Bertz CT molecular complexity index is 1360. The number of fused-ring (bicyclic) bond motifs is 1. The van der Waals surface area contributed by atoms with Gasteiger partial charge in [-0.05, 0) is 79.1 Å². The summed E-state index contributed by atoms with van der Waals surface area (Å²) in [6.07, 6.45) is 9.51. The lowest BCUT2D eigenvalue weighted by molar-refractivity contribution is 0.292. The molecule has 2 aromatic carbocycles. The summed E-state index contributed by atoms with van der Waals surface area (Å²) in [6, 6.07) is 19.3. The third-order valence-electron chi connectivity index (χ3n) is 9.21. The van der Waals surface area contributed by atoms with Crippen LogP contribution < -0.4 is 20.4 Å². The van der Waals surface area contributed by atoms with Crippen LogP contribution in [0.3, 0.4) is 0 Å². The fourth-order valence-electron chi connectivity index (χ4n) is 6.89. The minimum Gasteiger partial charge on any atom is -0.361 e. The third kappa shape index (κ3) is 6.62. The van der Waals surface area contributed by atoms with Crippen molar-refractivity contribution >= 4 is 46.5 Å². The van der Waals surface area contributed by atoms with Crippen LogP contribution in [0.4, 0.5) is 17.6 Å². The van der Waals surface area contributed by atoms with Gasteiger partial charge in [0.05, 0.1) is 0 Å². The zero-order valence-electron chi connectivity index (χ0n) is 24.0. The molecular formula is C33H41ClN6S. The molecule has 2 aliphatic heterocycles. The fraction of sp³-hybridized carbons (Fsp3) is 0.485. The van der Waals surface area contributed by atoms with Gasteiger partial charge >= 0.3 is 0 Å². The lowest BCUT2D eigenvalue weighted by atomic mass is 9.69.